The highest BCUT2D eigenvalue weighted by atomic mass is 35.5. The molecule has 1 aliphatic rings. The quantitative estimate of drug-likeness (QED) is 0.861. The Morgan fingerprint density at radius 2 is 2.26 bits per heavy atom. The summed E-state index contributed by atoms with van der Waals surface area (Å²) in [5.74, 6) is -0.411. The largest absolute Gasteiger partial charge is 0.507 e. The van der Waals surface area contributed by atoms with Crippen molar-refractivity contribution in [2.24, 2.45) is 0 Å². The summed E-state index contributed by atoms with van der Waals surface area (Å²) in [6.45, 7) is 0.478. The first kappa shape index (κ1) is 13.7. The number of carbonyl (C=O) groups excluding carboxylic acids is 2. The fourth-order valence-electron chi connectivity index (χ4n) is 2.08. The number of likely N-dealkylation sites (N-methyl/N-ethyl adjacent to an activating group) is 1. The molecule has 0 aromatic heterocycles. The van der Waals surface area contributed by atoms with Crippen LogP contribution in [0, 0.1) is 0 Å². The maximum absolute atomic E-state index is 12.0. The zero-order valence-electron chi connectivity index (χ0n) is 10.5. The zero-order valence-corrected chi connectivity index (χ0v) is 11.3. The number of halogens is 1. The molecular weight excluding hydrogens is 268 g/mol. The molecule has 0 aliphatic carbocycles. The third-order valence-electron chi connectivity index (χ3n) is 3.17. The average Bonchev–Trinajstić information content (AvgIpc) is 2.36. The minimum Gasteiger partial charge on any atom is -0.507 e. The van der Waals surface area contributed by atoms with Gasteiger partial charge in [-0.15, -0.1) is 0 Å². The molecule has 0 spiro atoms. The number of nitrogens with one attached hydrogen (secondary N) is 1. The van der Waals surface area contributed by atoms with Crippen molar-refractivity contribution in [2.45, 2.75) is 18.9 Å². The third-order valence-corrected chi connectivity index (χ3v) is 3.40. The number of rotatable bonds is 2. The summed E-state index contributed by atoms with van der Waals surface area (Å²) in [5.41, 5.74) is 0.145. The van der Waals surface area contributed by atoms with E-state index < -0.39 is 0 Å². The molecule has 0 bridgehead atoms. The molecule has 0 radical (unpaired) electrons. The maximum atomic E-state index is 12.0. The van der Waals surface area contributed by atoms with E-state index in [0.29, 0.717) is 24.4 Å². The summed E-state index contributed by atoms with van der Waals surface area (Å²) >= 11 is 5.80. The molecule has 1 unspecified atom stereocenters. The molecule has 1 saturated heterocycles. The molecule has 1 atom stereocenters. The van der Waals surface area contributed by atoms with Gasteiger partial charge in [0.1, 0.15) is 5.75 Å². The SMILES string of the molecule is CN1CC(NC(=O)c2cc(Cl)ccc2O)CCC1=O. The number of phenolic OH excluding ortho intramolecular Hbond substituents is 1. The van der Waals surface area contributed by atoms with Gasteiger partial charge in [0, 0.05) is 31.1 Å². The number of likely N-dealkylation sites (tertiary alicyclic amines) is 1. The second-order valence-corrected chi connectivity index (χ2v) is 5.08. The van der Waals surface area contributed by atoms with E-state index >= 15 is 0 Å². The smallest absolute Gasteiger partial charge is 0.255 e. The molecule has 0 saturated carbocycles. The summed E-state index contributed by atoms with van der Waals surface area (Å²) in [5, 5.41) is 12.8. The van der Waals surface area contributed by atoms with Gasteiger partial charge in [-0.25, -0.2) is 0 Å². The number of phenols is 1. The molecule has 2 rings (SSSR count). The fourth-order valence-corrected chi connectivity index (χ4v) is 2.26. The first-order valence-electron chi connectivity index (χ1n) is 6.00. The predicted octanol–water partition coefficient (Wildman–Crippen LogP) is 1.40. The summed E-state index contributed by atoms with van der Waals surface area (Å²) in [6.07, 6.45) is 1.03. The van der Waals surface area contributed by atoms with E-state index in [9.17, 15) is 14.7 Å². The van der Waals surface area contributed by atoms with Crippen molar-refractivity contribution in [1.29, 1.82) is 0 Å². The van der Waals surface area contributed by atoms with E-state index in [0.717, 1.165) is 0 Å². The minimum absolute atomic E-state index is 0.0797. The topological polar surface area (TPSA) is 69.6 Å². The van der Waals surface area contributed by atoms with Crippen LogP contribution in [0.25, 0.3) is 0 Å². The number of aromatic hydroxyl groups is 1. The van der Waals surface area contributed by atoms with Gasteiger partial charge in [-0.3, -0.25) is 9.59 Å². The van der Waals surface area contributed by atoms with Crippen LogP contribution in [-0.4, -0.2) is 41.5 Å². The van der Waals surface area contributed by atoms with Gasteiger partial charge >= 0.3 is 0 Å². The number of nitrogens with zero attached hydrogens (tertiary/aromatic N) is 1. The highest BCUT2D eigenvalue weighted by molar-refractivity contribution is 6.31. The third kappa shape index (κ3) is 3.17. The van der Waals surface area contributed by atoms with Crippen molar-refractivity contribution in [3.05, 3.63) is 28.8 Å². The van der Waals surface area contributed by atoms with Gasteiger partial charge in [0.25, 0.3) is 5.91 Å². The summed E-state index contributed by atoms with van der Waals surface area (Å²) in [4.78, 5) is 25.0. The molecule has 1 aromatic rings. The molecule has 1 fully saturated rings. The number of hydrogen-bond donors (Lipinski definition) is 2. The fraction of sp³-hybridized carbons (Fsp3) is 0.385. The first-order chi connectivity index (χ1) is 8.97. The van der Waals surface area contributed by atoms with Crippen LogP contribution in [0.2, 0.25) is 5.02 Å². The van der Waals surface area contributed by atoms with E-state index in [1.807, 2.05) is 0 Å². The molecule has 1 heterocycles. The highest BCUT2D eigenvalue weighted by Gasteiger charge is 2.25. The van der Waals surface area contributed by atoms with E-state index in [2.05, 4.69) is 5.32 Å². The van der Waals surface area contributed by atoms with Crippen LogP contribution in [-0.2, 0) is 4.79 Å². The van der Waals surface area contributed by atoms with Gasteiger partial charge in [0.15, 0.2) is 0 Å². The van der Waals surface area contributed by atoms with Gasteiger partial charge in [-0.1, -0.05) is 11.6 Å². The molecule has 19 heavy (non-hydrogen) atoms. The molecule has 2 N–H and O–H groups in total. The van der Waals surface area contributed by atoms with Crippen molar-refractivity contribution in [3.63, 3.8) is 0 Å². The summed E-state index contributed by atoms with van der Waals surface area (Å²) in [6, 6.07) is 4.21. The zero-order chi connectivity index (χ0) is 14.0. The van der Waals surface area contributed by atoms with Crippen LogP contribution in [0.15, 0.2) is 18.2 Å². The van der Waals surface area contributed by atoms with Crippen LogP contribution in [0.1, 0.15) is 23.2 Å². The van der Waals surface area contributed by atoms with Crippen LogP contribution in [0.4, 0.5) is 0 Å². The highest BCUT2D eigenvalue weighted by Crippen LogP contribution is 2.21. The van der Waals surface area contributed by atoms with Gasteiger partial charge in [-0.05, 0) is 24.6 Å². The van der Waals surface area contributed by atoms with Crippen molar-refractivity contribution < 1.29 is 14.7 Å². The lowest BCUT2D eigenvalue weighted by molar-refractivity contribution is -0.132. The average molecular weight is 283 g/mol. The van der Waals surface area contributed by atoms with Crippen molar-refractivity contribution in [2.75, 3.05) is 13.6 Å². The minimum atomic E-state index is -0.382. The summed E-state index contributed by atoms with van der Waals surface area (Å²) < 4.78 is 0. The van der Waals surface area contributed by atoms with Gasteiger partial charge in [0.2, 0.25) is 5.91 Å². The van der Waals surface area contributed by atoms with Crippen molar-refractivity contribution >= 4 is 23.4 Å². The second-order valence-electron chi connectivity index (χ2n) is 4.64. The lowest BCUT2D eigenvalue weighted by Gasteiger charge is -2.30. The molecule has 1 aromatic carbocycles. The van der Waals surface area contributed by atoms with Crippen molar-refractivity contribution in [1.82, 2.24) is 10.2 Å². The molecule has 6 heteroatoms. The normalized spacial score (nSPS) is 19.4. The maximum Gasteiger partial charge on any atom is 0.255 e. The standard InChI is InChI=1S/C13H15ClN2O3/c1-16-7-9(3-5-12(16)18)15-13(19)10-6-8(14)2-4-11(10)17/h2,4,6,9,17H,3,5,7H2,1H3,(H,15,19). The Hall–Kier alpha value is -1.75. The number of hydrogen-bond acceptors (Lipinski definition) is 3. The number of piperidine rings is 1. The Morgan fingerprint density at radius 1 is 1.53 bits per heavy atom. The van der Waals surface area contributed by atoms with Crippen molar-refractivity contribution in [3.8, 4) is 5.75 Å². The molecule has 1 aliphatic heterocycles. The van der Waals surface area contributed by atoms with Crippen LogP contribution in [0.5, 0.6) is 5.75 Å². The van der Waals surface area contributed by atoms with E-state index in [-0.39, 0.29) is 29.2 Å². The Bertz CT molecular complexity index is 519. The monoisotopic (exact) mass is 282 g/mol. The Labute approximate surface area is 116 Å². The van der Waals surface area contributed by atoms with Crippen LogP contribution >= 0.6 is 11.6 Å². The van der Waals surface area contributed by atoms with Gasteiger partial charge in [0.05, 0.1) is 5.56 Å². The van der Waals surface area contributed by atoms with E-state index in [1.54, 1.807) is 11.9 Å². The molecular formula is C13H15ClN2O3. The number of carbonyl (C=O) groups is 2. The lowest BCUT2D eigenvalue weighted by atomic mass is 10.0. The predicted molar refractivity (Wildman–Crippen MR) is 71.2 cm³/mol. The first-order valence-corrected chi connectivity index (χ1v) is 6.38. The molecule has 5 nitrogen and oxygen atoms in total. The van der Waals surface area contributed by atoms with Crippen LogP contribution < -0.4 is 5.32 Å². The molecule has 2 amide bonds. The Balaban J connectivity index is 2.05. The van der Waals surface area contributed by atoms with Gasteiger partial charge < -0.3 is 15.3 Å². The van der Waals surface area contributed by atoms with Crippen LogP contribution in [0.3, 0.4) is 0 Å². The second kappa shape index (κ2) is 5.48. The van der Waals surface area contributed by atoms with Gasteiger partial charge in [-0.2, -0.15) is 0 Å². The number of amides is 2. The summed E-state index contributed by atoms with van der Waals surface area (Å²) in [7, 11) is 1.71. The lowest BCUT2D eigenvalue weighted by Crippen LogP contribution is -2.48. The van der Waals surface area contributed by atoms with E-state index in [4.69, 9.17) is 11.6 Å². The van der Waals surface area contributed by atoms with E-state index in [1.165, 1.54) is 18.2 Å². The Morgan fingerprint density at radius 3 is 2.95 bits per heavy atom. The Kier molecular flexibility index (Phi) is 3.95. The number of benzene rings is 1. The molecule has 102 valence electrons.